The normalized spacial score (nSPS) is 16.8. The van der Waals surface area contributed by atoms with Crippen molar-refractivity contribution in [2.45, 2.75) is 38.5 Å². The fourth-order valence-corrected chi connectivity index (χ4v) is 2.56. The first-order valence-electron chi connectivity index (χ1n) is 6.63. The van der Waals surface area contributed by atoms with E-state index in [2.05, 4.69) is 10.3 Å². The zero-order chi connectivity index (χ0) is 11.9. The van der Waals surface area contributed by atoms with E-state index in [0.717, 1.165) is 24.0 Å². The molecule has 1 fully saturated rings. The van der Waals surface area contributed by atoms with E-state index in [1.807, 2.05) is 12.1 Å². The lowest BCUT2D eigenvalue weighted by Crippen LogP contribution is -2.13. The summed E-state index contributed by atoms with van der Waals surface area (Å²) in [5, 5.41) is 3.38. The lowest BCUT2D eigenvalue weighted by atomic mass is 9.87. The summed E-state index contributed by atoms with van der Waals surface area (Å²) in [4.78, 5) is 4.30. The SMILES string of the molecule is COc1cccnc1NCCC1CCCCC1. The van der Waals surface area contributed by atoms with Gasteiger partial charge in [-0.05, 0) is 24.5 Å². The number of aromatic nitrogens is 1. The molecule has 2 rings (SSSR count). The Morgan fingerprint density at radius 1 is 1.35 bits per heavy atom. The Bertz CT molecular complexity index is 335. The van der Waals surface area contributed by atoms with Gasteiger partial charge in [0, 0.05) is 12.7 Å². The van der Waals surface area contributed by atoms with Crippen molar-refractivity contribution in [2.24, 2.45) is 5.92 Å². The molecule has 0 atom stereocenters. The molecule has 0 spiro atoms. The monoisotopic (exact) mass is 234 g/mol. The standard InChI is InChI=1S/C14H22N2O/c1-17-13-8-5-10-15-14(13)16-11-9-12-6-3-2-4-7-12/h5,8,10,12H,2-4,6-7,9,11H2,1H3,(H,15,16). The summed E-state index contributed by atoms with van der Waals surface area (Å²) in [7, 11) is 1.68. The minimum atomic E-state index is 0.830. The third-order valence-corrected chi connectivity index (χ3v) is 3.56. The van der Waals surface area contributed by atoms with Crippen LogP contribution in [0.5, 0.6) is 5.75 Å². The Morgan fingerprint density at radius 2 is 2.18 bits per heavy atom. The second-order valence-electron chi connectivity index (χ2n) is 4.77. The fraction of sp³-hybridized carbons (Fsp3) is 0.643. The highest BCUT2D eigenvalue weighted by atomic mass is 16.5. The van der Waals surface area contributed by atoms with Crippen molar-refractivity contribution < 1.29 is 4.74 Å². The van der Waals surface area contributed by atoms with Crippen LogP contribution in [0.3, 0.4) is 0 Å². The van der Waals surface area contributed by atoms with Crippen LogP contribution in [-0.2, 0) is 0 Å². The van der Waals surface area contributed by atoms with Crippen molar-refractivity contribution >= 4 is 5.82 Å². The average Bonchev–Trinajstić information content (AvgIpc) is 2.40. The van der Waals surface area contributed by atoms with Gasteiger partial charge in [0.05, 0.1) is 7.11 Å². The zero-order valence-electron chi connectivity index (χ0n) is 10.6. The van der Waals surface area contributed by atoms with Crippen molar-refractivity contribution in [3.8, 4) is 5.75 Å². The minimum Gasteiger partial charge on any atom is -0.493 e. The molecule has 0 amide bonds. The Kier molecular flexibility index (Phi) is 4.65. The van der Waals surface area contributed by atoms with E-state index in [1.165, 1.54) is 38.5 Å². The van der Waals surface area contributed by atoms with Crippen molar-refractivity contribution in [3.63, 3.8) is 0 Å². The quantitative estimate of drug-likeness (QED) is 0.847. The smallest absolute Gasteiger partial charge is 0.168 e. The highest BCUT2D eigenvalue weighted by Gasteiger charge is 2.13. The fourth-order valence-electron chi connectivity index (χ4n) is 2.56. The third-order valence-electron chi connectivity index (χ3n) is 3.56. The number of hydrogen-bond donors (Lipinski definition) is 1. The highest BCUT2D eigenvalue weighted by Crippen LogP contribution is 2.26. The molecule has 1 aromatic rings. The first-order chi connectivity index (χ1) is 8.40. The van der Waals surface area contributed by atoms with Crippen LogP contribution in [0.4, 0.5) is 5.82 Å². The molecule has 94 valence electrons. The largest absolute Gasteiger partial charge is 0.493 e. The van der Waals surface area contributed by atoms with E-state index in [-0.39, 0.29) is 0 Å². The van der Waals surface area contributed by atoms with Gasteiger partial charge < -0.3 is 10.1 Å². The Labute approximate surface area is 104 Å². The number of nitrogens with zero attached hydrogens (tertiary/aromatic N) is 1. The van der Waals surface area contributed by atoms with E-state index in [9.17, 15) is 0 Å². The van der Waals surface area contributed by atoms with Gasteiger partial charge in [0.2, 0.25) is 0 Å². The molecular formula is C14H22N2O. The molecule has 0 aromatic carbocycles. The summed E-state index contributed by atoms with van der Waals surface area (Å²) in [6.45, 7) is 0.998. The predicted octanol–water partition coefficient (Wildman–Crippen LogP) is 3.47. The number of ether oxygens (including phenoxy) is 1. The van der Waals surface area contributed by atoms with Crippen LogP contribution in [0, 0.1) is 5.92 Å². The molecule has 3 heteroatoms. The van der Waals surface area contributed by atoms with Gasteiger partial charge in [-0.1, -0.05) is 32.1 Å². The number of pyridine rings is 1. The molecule has 3 nitrogen and oxygen atoms in total. The molecule has 0 radical (unpaired) electrons. The van der Waals surface area contributed by atoms with Crippen molar-refractivity contribution in [2.75, 3.05) is 19.0 Å². The van der Waals surface area contributed by atoms with Crippen LogP contribution in [0.1, 0.15) is 38.5 Å². The summed E-state index contributed by atoms with van der Waals surface area (Å²) in [5.74, 6) is 2.60. The molecule has 1 saturated carbocycles. The zero-order valence-corrected chi connectivity index (χ0v) is 10.6. The van der Waals surface area contributed by atoms with Gasteiger partial charge in [0.1, 0.15) is 0 Å². The Morgan fingerprint density at radius 3 is 2.94 bits per heavy atom. The lowest BCUT2D eigenvalue weighted by Gasteiger charge is -2.21. The molecule has 0 saturated heterocycles. The molecule has 1 aliphatic rings. The molecule has 0 aliphatic heterocycles. The van der Waals surface area contributed by atoms with E-state index >= 15 is 0 Å². The topological polar surface area (TPSA) is 34.1 Å². The minimum absolute atomic E-state index is 0.830. The van der Waals surface area contributed by atoms with Crippen molar-refractivity contribution in [1.29, 1.82) is 0 Å². The summed E-state index contributed by atoms with van der Waals surface area (Å²) >= 11 is 0. The summed E-state index contributed by atoms with van der Waals surface area (Å²) < 4.78 is 5.26. The predicted molar refractivity (Wildman–Crippen MR) is 70.5 cm³/mol. The van der Waals surface area contributed by atoms with Gasteiger partial charge in [-0.3, -0.25) is 0 Å². The molecule has 1 heterocycles. The molecule has 17 heavy (non-hydrogen) atoms. The van der Waals surface area contributed by atoms with E-state index in [1.54, 1.807) is 13.3 Å². The maximum atomic E-state index is 5.26. The van der Waals surface area contributed by atoms with Crippen LogP contribution in [-0.4, -0.2) is 18.6 Å². The van der Waals surface area contributed by atoms with Crippen LogP contribution in [0.15, 0.2) is 18.3 Å². The van der Waals surface area contributed by atoms with Crippen LogP contribution in [0.2, 0.25) is 0 Å². The van der Waals surface area contributed by atoms with E-state index < -0.39 is 0 Å². The van der Waals surface area contributed by atoms with Crippen LogP contribution >= 0.6 is 0 Å². The van der Waals surface area contributed by atoms with Gasteiger partial charge in [-0.2, -0.15) is 0 Å². The number of rotatable bonds is 5. The van der Waals surface area contributed by atoms with Crippen LogP contribution in [0.25, 0.3) is 0 Å². The number of anilines is 1. The molecule has 1 aliphatic carbocycles. The Balaban J connectivity index is 1.77. The maximum absolute atomic E-state index is 5.26. The molecule has 1 aromatic heterocycles. The van der Waals surface area contributed by atoms with Crippen LogP contribution < -0.4 is 10.1 Å². The number of methoxy groups -OCH3 is 1. The molecule has 0 unspecified atom stereocenters. The number of hydrogen-bond acceptors (Lipinski definition) is 3. The average molecular weight is 234 g/mol. The lowest BCUT2D eigenvalue weighted by molar-refractivity contribution is 0.345. The van der Waals surface area contributed by atoms with E-state index in [4.69, 9.17) is 4.74 Å². The van der Waals surface area contributed by atoms with E-state index in [0.29, 0.717) is 0 Å². The first-order valence-corrected chi connectivity index (χ1v) is 6.63. The first kappa shape index (κ1) is 12.2. The summed E-state index contributed by atoms with van der Waals surface area (Å²) in [6.07, 6.45) is 10.1. The van der Waals surface area contributed by atoms with Gasteiger partial charge >= 0.3 is 0 Å². The highest BCUT2D eigenvalue weighted by molar-refractivity contribution is 5.49. The van der Waals surface area contributed by atoms with Crippen molar-refractivity contribution in [1.82, 2.24) is 4.98 Å². The second-order valence-corrected chi connectivity index (χ2v) is 4.77. The van der Waals surface area contributed by atoms with Gasteiger partial charge in [0.25, 0.3) is 0 Å². The molecule has 1 N–H and O–H groups in total. The second kappa shape index (κ2) is 6.48. The summed E-state index contributed by atoms with van der Waals surface area (Å²) in [5.41, 5.74) is 0. The molecular weight excluding hydrogens is 212 g/mol. The third kappa shape index (κ3) is 3.62. The maximum Gasteiger partial charge on any atom is 0.168 e. The van der Waals surface area contributed by atoms with Gasteiger partial charge in [-0.25, -0.2) is 4.98 Å². The molecule has 0 bridgehead atoms. The summed E-state index contributed by atoms with van der Waals surface area (Å²) in [6, 6.07) is 3.83. The van der Waals surface area contributed by atoms with Gasteiger partial charge in [-0.15, -0.1) is 0 Å². The van der Waals surface area contributed by atoms with Gasteiger partial charge in [0.15, 0.2) is 11.6 Å². The number of nitrogens with one attached hydrogen (secondary N) is 1. The Hall–Kier alpha value is -1.25. The van der Waals surface area contributed by atoms with Crippen molar-refractivity contribution in [3.05, 3.63) is 18.3 Å².